The average molecular weight is 201 g/mol. The van der Waals surface area contributed by atoms with Crippen molar-refractivity contribution in [2.75, 3.05) is 13.6 Å². The first kappa shape index (κ1) is 12.9. The van der Waals surface area contributed by atoms with Crippen molar-refractivity contribution in [1.29, 1.82) is 0 Å². The minimum atomic E-state index is -0.886. The fourth-order valence-corrected chi connectivity index (χ4v) is 1.08. The van der Waals surface area contributed by atoms with Gasteiger partial charge in [0.1, 0.15) is 0 Å². The molecule has 0 saturated heterocycles. The zero-order valence-electron chi connectivity index (χ0n) is 9.02. The Labute approximate surface area is 84.4 Å². The molecule has 5 heteroatoms. The normalized spacial score (nSPS) is 14.3. The van der Waals surface area contributed by atoms with Gasteiger partial charge in [0.25, 0.3) is 0 Å². The summed E-state index contributed by atoms with van der Waals surface area (Å²) in [6.07, 6.45) is 1.44. The Balaban J connectivity index is 4.01. The van der Waals surface area contributed by atoms with Crippen LogP contribution in [-0.2, 0) is 9.59 Å². The van der Waals surface area contributed by atoms with Crippen molar-refractivity contribution in [2.24, 2.45) is 5.73 Å². The van der Waals surface area contributed by atoms with Crippen molar-refractivity contribution in [3.63, 3.8) is 0 Å². The molecule has 4 N–H and O–H groups in total. The number of amides is 2. The summed E-state index contributed by atoms with van der Waals surface area (Å²) >= 11 is 0. The van der Waals surface area contributed by atoms with Crippen molar-refractivity contribution in [2.45, 2.75) is 32.2 Å². The van der Waals surface area contributed by atoms with Crippen molar-refractivity contribution >= 4 is 11.8 Å². The molecule has 1 unspecified atom stereocenters. The lowest BCUT2D eigenvalue weighted by molar-refractivity contribution is -0.129. The molecular formula is C9H19N3O2. The Hall–Kier alpha value is -1.10. The van der Waals surface area contributed by atoms with E-state index < -0.39 is 5.54 Å². The van der Waals surface area contributed by atoms with Gasteiger partial charge in [-0.15, -0.1) is 0 Å². The number of hydrogen-bond donors (Lipinski definition) is 3. The first-order chi connectivity index (χ1) is 6.44. The molecule has 0 spiro atoms. The van der Waals surface area contributed by atoms with Crippen LogP contribution in [0.25, 0.3) is 0 Å². The smallest absolute Gasteiger partial charge is 0.240 e. The molecule has 0 aromatic rings. The third kappa shape index (κ3) is 4.23. The topological polar surface area (TPSA) is 84.2 Å². The second kappa shape index (κ2) is 5.59. The molecule has 2 amide bonds. The number of carbonyl (C=O) groups is 2. The molecule has 0 heterocycles. The quantitative estimate of drug-likeness (QED) is 0.553. The molecule has 0 aliphatic carbocycles. The summed E-state index contributed by atoms with van der Waals surface area (Å²) in [6, 6.07) is 0. The number of likely N-dealkylation sites (N-methyl/N-ethyl adjacent to an activating group) is 1. The molecule has 0 saturated carbocycles. The summed E-state index contributed by atoms with van der Waals surface area (Å²) in [4.78, 5) is 22.3. The van der Waals surface area contributed by atoms with Gasteiger partial charge >= 0.3 is 0 Å². The predicted molar refractivity (Wildman–Crippen MR) is 54.6 cm³/mol. The summed E-state index contributed by atoms with van der Waals surface area (Å²) in [7, 11) is 1.52. The van der Waals surface area contributed by atoms with Crippen molar-refractivity contribution in [1.82, 2.24) is 10.6 Å². The van der Waals surface area contributed by atoms with Crippen molar-refractivity contribution in [3.05, 3.63) is 0 Å². The summed E-state index contributed by atoms with van der Waals surface area (Å²) in [5.74, 6) is -0.520. The van der Waals surface area contributed by atoms with Crippen LogP contribution in [0.2, 0.25) is 0 Å². The Morgan fingerprint density at radius 2 is 2.00 bits per heavy atom. The molecule has 0 radical (unpaired) electrons. The van der Waals surface area contributed by atoms with E-state index in [1.165, 1.54) is 7.05 Å². The Kier molecular flexibility index (Phi) is 5.15. The second-order valence-electron chi connectivity index (χ2n) is 3.52. The summed E-state index contributed by atoms with van der Waals surface area (Å²) in [5.41, 5.74) is 4.87. The minimum Gasteiger partial charge on any atom is -0.358 e. The molecule has 82 valence electrons. The van der Waals surface area contributed by atoms with E-state index in [2.05, 4.69) is 10.6 Å². The Morgan fingerprint density at radius 3 is 2.43 bits per heavy atom. The highest BCUT2D eigenvalue weighted by Crippen LogP contribution is 2.07. The maximum absolute atomic E-state index is 11.5. The van der Waals surface area contributed by atoms with Crippen LogP contribution in [0, 0.1) is 0 Å². The zero-order chi connectivity index (χ0) is 11.2. The summed E-state index contributed by atoms with van der Waals surface area (Å²) in [5, 5.41) is 4.89. The SMILES string of the molecule is CCCC(C)(N)C(=O)NCC(=O)NC. The van der Waals surface area contributed by atoms with Gasteiger partial charge in [-0.2, -0.15) is 0 Å². The molecule has 0 aliphatic heterocycles. The first-order valence-corrected chi connectivity index (χ1v) is 4.71. The van der Waals surface area contributed by atoms with Crippen LogP contribution in [-0.4, -0.2) is 30.9 Å². The van der Waals surface area contributed by atoms with Gasteiger partial charge < -0.3 is 16.4 Å². The Morgan fingerprint density at radius 1 is 1.43 bits per heavy atom. The van der Waals surface area contributed by atoms with E-state index in [9.17, 15) is 9.59 Å². The average Bonchev–Trinajstić information content (AvgIpc) is 2.13. The van der Waals surface area contributed by atoms with Crippen molar-refractivity contribution in [3.8, 4) is 0 Å². The van der Waals surface area contributed by atoms with Crippen LogP contribution < -0.4 is 16.4 Å². The predicted octanol–water partition coefficient (Wildman–Crippen LogP) is -0.634. The monoisotopic (exact) mass is 201 g/mol. The molecule has 1 atom stereocenters. The van der Waals surface area contributed by atoms with Gasteiger partial charge in [0.05, 0.1) is 12.1 Å². The highest BCUT2D eigenvalue weighted by Gasteiger charge is 2.26. The van der Waals surface area contributed by atoms with Crippen LogP contribution in [0.15, 0.2) is 0 Å². The number of hydrogen-bond acceptors (Lipinski definition) is 3. The van der Waals surface area contributed by atoms with Crippen LogP contribution in [0.3, 0.4) is 0 Å². The van der Waals surface area contributed by atoms with Gasteiger partial charge in [0, 0.05) is 7.05 Å². The van der Waals surface area contributed by atoms with Gasteiger partial charge in [-0.05, 0) is 13.3 Å². The van der Waals surface area contributed by atoms with Crippen molar-refractivity contribution < 1.29 is 9.59 Å². The van der Waals surface area contributed by atoms with Crippen LogP contribution in [0.5, 0.6) is 0 Å². The molecule has 5 nitrogen and oxygen atoms in total. The van der Waals surface area contributed by atoms with E-state index in [0.717, 1.165) is 6.42 Å². The standard InChI is InChI=1S/C9H19N3O2/c1-4-5-9(2,10)8(14)12-6-7(13)11-3/h4-6,10H2,1-3H3,(H,11,13)(H,12,14). The third-order valence-corrected chi connectivity index (χ3v) is 1.98. The Bertz CT molecular complexity index is 214. The van der Waals surface area contributed by atoms with E-state index in [-0.39, 0.29) is 18.4 Å². The highest BCUT2D eigenvalue weighted by molar-refractivity contribution is 5.89. The minimum absolute atomic E-state index is 0.0220. The molecule has 0 fully saturated rings. The number of nitrogens with one attached hydrogen (secondary N) is 2. The zero-order valence-corrected chi connectivity index (χ0v) is 9.02. The lowest BCUT2D eigenvalue weighted by Crippen LogP contribution is -2.53. The van der Waals surface area contributed by atoms with E-state index in [1.807, 2.05) is 6.92 Å². The second-order valence-corrected chi connectivity index (χ2v) is 3.52. The molecule has 0 bridgehead atoms. The number of rotatable bonds is 5. The molecule has 0 rings (SSSR count). The third-order valence-electron chi connectivity index (χ3n) is 1.98. The first-order valence-electron chi connectivity index (χ1n) is 4.71. The lowest BCUT2D eigenvalue weighted by Gasteiger charge is -2.22. The van der Waals surface area contributed by atoms with E-state index in [4.69, 9.17) is 5.73 Å². The van der Waals surface area contributed by atoms with Gasteiger partial charge in [-0.3, -0.25) is 9.59 Å². The lowest BCUT2D eigenvalue weighted by atomic mass is 9.97. The van der Waals surface area contributed by atoms with Gasteiger partial charge in [0.2, 0.25) is 11.8 Å². The largest absolute Gasteiger partial charge is 0.358 e. The molecule has 0 aliphatic rings. The van der Waals surface area contributed by atoms with Crippen LogP contribution in [0.4, 0.5) is 0 Å². The molecular weight excluding hydrogens is 182 g/mol. The van der Waals surface area contributed by atoms with Crippen LogP contribution >= 0.6 is 0 Å². The summed E-state index contributed by atoms with van der Waals surface area (Å²) < 4.78 is 0. The summed E-state index contributed by atoms with van der Waals surface area (Å²) in [6.45, 7) is 3.60. The highest BCUT2D eigenvalue weighted by atomic mass is 16.2. The van der Waals surface area contributed by atoms with Gasteiger partial charge in [0.15, 0.2) is 0 Å². The van der Waals surface area contributed by atoms with E-state index >= 15 is 0 Å². The molecule has 14 heavy (non-hydrogen) atoms. The van der Waals surface area contributed by atoms with Gasteiger partial charge in [-0.1, -0.05) is 13.3 Å². The maximum atomic E-state index is 11.5. The van der Waals surface area contributed by atoms with E-state index in [1.54, 1.807) is 6.92 Å². The van der Waals surface area contributed by atoms with E-state index in [0.29, 0.717) is 6.42 Å². The molecule has 0 aromatic carbocycles. The fourth-order valence-electron chi connectivity index (χ4n) is 1.08. The fraction of sp³-hybridized carbons (Fsp3) is 0.778. The van der Waals surface area contributed by atoms with Gasteiger partial charge in [-0.25, -0.2) is 0 Å². The number of carbonyl (C=O) groups excluding carboxylic acids is 2. The molecule has 0 aromatic heterocycles. The maximum Gasteiger partial charge on any atom is 0.240 e. The van der Waals surface area contributed by atoms with Crippen LogP contribution in [0.1, 0.15) is 26.7 Å². The number of nitrogens with two attached hydrogens (primary N) is 1.